The predicted molar refractivity (Wildman–Crippen MR) is 83.6 cm³/mol. The number of carbonyl (C=O) groups excluding carboxylic acids is 1. The van der Waals surface area contributed by atoms with E-state index in [-0.39, 0.29) is 11.6 Å². The van der Waals surface area contributed by atoms with E-state index in [1.54, 1.807) is 0 Å². The van der Waals surface area contributed by atoms with E-state index in [0.717, 1.165) is 6.54 Å². The predicted octanol–water partition coefficient (Wildman–Crippen LogP) is 3.00. The number of nitrogens with zero attached hydrogens (tertiary/aromatic N) is 1. The highest BCUT2D eigenvalue weighted by Crippen LogP contribution is 2.21. The van der Waals surface area contributed by atoms with Crippen molar-refractivity contribution < 1.29 is 9.18 Å². The van der Waals surface area contributed by atoms with Gasteiger partial charge in [0.25, 0.3) is 0 Å². The summed E-state index contributed by atoms with van der Waals surface area (Å²) in [5, 5.41) is 2.76. The first-order valence-corrected chi connectivity index (χ1v) is 7.61. The monoisotopic (exact) mass is 293 g/mol. The van der Waals surface area contributed by atoms with Crippen molar-refractivity contribution in [1.82, 2.24) is 4.90 Å². The van der Waals surface area contributed by atoms with Gasteiger partial charge in [-0.3, -0.25) is 4.79 Å². The van der Waals surface area contributed by atoms with Gasteiger partial charge in [0.05, 0.1) is 5.69 Å². The fraction of sp³-hybridized carbons (Fsp3) is 0.562. The van der Waals surface area contributed by atoms with E-state index in [1.807, 2.05) is 0 Å². The Labute approximate surface area is 125 Å². The Morgan fingerprint density at radius 3 is 2.76 bits per heavy atom. The molecule has 1 aromatic rings. The van der Waals surface area contributed by atoms with Crippen LogP contribution < -0.4 is 11.1 Å². The second-order valence-corrected chi connectivity index (χ2v) is 5.81. The molecule has 1 fully saturated rings. The molecule has 0 heterocycles. The summed E-state index contributed by atoms with van der Waals surface area (Å²) < 4.78 is 13.1. The first-order chi connectivity index (χ1) is 10.1. The molecule has 0 spiro atoms. The van der Waals surface area contributed by atoms with Crippen LogP contribution in [0.4, 0.5) is 15.8 Å². The SMILES string of the molecule is CN(CCC(=O)Nc1ccc(F)c(N)c1)C1CCCCC1. The van der Waals surface area contributed by atoms with E-state index in [2.05, 4.69) is 17.3 Å². The van der Waals surface area contributed by atoms with Gasteiger partial charge in [-0.2, -0.15) is 0 Å². The number of amides is 1. The van der Waals surface area contributed by atoms with Crippen LogP contribution in [0, 0.1) is 5.82 Å². The largest absolute Gasteiger partial charge is 0.396 e. The van der Waals surface area contributed by atoms with Gasteiger partial charge in [-0.25, -0.2) is 4.39 Å². The Balaban J connectivity index is 1.77. The van der Waals surface area contributed by atoms with Crippen molar-refractivity contribution in [3.8, 4) is 0 Å². The molecule has 3 N–H and O–H groups in total. The van der Waals surface area contributed by atoms with Crippen molar-refractivity contribution >= 4 is 17.3 Å². The maximum Gasteiger partial charge on any atom is 0.225 e. The van der Waals surface area contributed by atoms with Crippen LogP contribution in [0.25, 0.3) is 0 Å². The number of anilines is 2. The number of rotatable bonds is 5. The van der Waals surface area contributed by atoms with E-state index >= 15 is 0 Å². The third-order valence-corrected chi connectivity index (χ3v) is 4.17. The molecular weight excluding hydrogens is 269 g/mol. The summed E-state index contributed by atoms with van der Waals surface area (Å²) >= 11 is 0. The summed E-state index contributed by atoms with van der Waals surface area (Å²) in [4.78, 5) is 14.2. The first-order valence-electron chi connectivity index (χ1n) is 7.61. The lowest BCUT2D eigenvalue weighted by Crippen LogP contribution is -2.35. The van der Waals surface area contributed by atoms with Crippen LogP contribution in [-0.4, -0.2) is 30.4 Å². The standard InChI is InChI=1S/C16H24FN3O/c1-20(13-5-3-2-4-6-13)10-9-16(21)19-12-7-8-14(17)15(18)11-12/h7-8,11,13H,2-6,9-10,18H2,1H3,(H,19,21). The lowest BCUT2D eigenvalue weighted by atomic mass is 9.94. The lowest BCUT2D eigenvalue weighted by Gasteiger charge is -2.30. The zero-order chi connectivity index (χ0) is 15.2. The number of halogens is 1. The van der Waals surface area contributed by atoms with E-state index < -0.39 is 5.82 Å². The van der Waals surface area contributed by atoms with E-state index in [1.165, 1.54) is 50.3 Å². The molecule has 0 saturated heterocycles. The van der Waals surface area contributed by atoms with Crippen LogP contribution in [-0.2, 0) is 4.79 Å². The Kier molecular flexibility index (Phi) is 5.56. The molecule has 0 bridgehead atoms. The number of nitrogens with two attached hydrogens (primary N) is 1. The lowest BCUT2D eigenvalue weighted by molar-refractivity contribution is -0.116. The summed E-state index contributed by atoms with van der Waals surface area (Å²) in [6.07, 6.45) is 6.80. The molecule has 21 heavy (non-hydrogen) atoms. The molecule has 1 saturated carbocycles. The minimum atomic E-state index is -0.468. The van der Waals surface area contributed by atoms with Gasteiger partial charge in [0.1, 0.15) is 5.82 Å². The summed E-state index contributed by atoms with van der Waals surface area (Å²) in [5.74, 6) is -0.534. The summed E-state index contributed by atoms with van der Waals surface area (Å²) in [5.41, 5.74) is 6.07. The van der Waals surface area contributed by atoms with Gasteiger partial charge in [0.2, 0.25) is 5.91 Å². The molecule has 1 aliphatic carbocycles. The van der Waals surface area contributed by atoms with Crippen LogP contribution in [0.5, 0.6) is 0 Å². The van der Waals surface area contributed by atoms with Gasteiger partial charge in [0, 0.05) is 24.7 Å². The zero-order valence-corrected chi connectivity index (χ0v) is 12.6. The molecule has 1 aliphatic rings. The quantitative estimate of drug-likeness (QED) is 0.821. The van der Waals surface area contributed by atoms with E-state index in [0.29, 0.717) is 18.2 Å². The highest BCUT2D eigenvalue weighted by Gasteiger charge is 2.18. The molecule has 1 aromatic carbocycles. The molecule has 0 radical (unpaired) electrons. The molecule has 0 aliphatic heterocycles. The molecule has 1 amide bonds. The number of carbonyl (C=O) groups is 1. The van der Waals surface area contributed by atoms with E-state index in [9.17, 15) is 9.18 Å². The van der Waals surface area contributed by atoms with Crippen molar-refractivity contribution in [2.75, 3.05) is 24.6 Å². The normalized spacial score (nSPS) is 16.1. The van der Waals surface area contributed by atoms with Crippen molar-refractivity contribution in [2.24, 2.45) is 0 Å². The molecule has 0 unspecified atom stereocenters. The Hall–Kier alpha value is -1.62. The van der Waals surface area contributed by atoms with Crippen LogP contribution in [0.2, 0.25) is 0 Å². The average molecular weight is 293 g/mol. The van der Waals surface area contributed by atoms with Gasteiger partial charge in [-0.1, -0.05) is 19.3 Å². The third-order valence-electron chi connectivity index (χ3n) is 4.17. The maximum absolute atomic E-state index is 13.1. The highest BCUT2D eigenvalue weighted by molar-refractivity contribution is 5.91. The van der Waals surface area contributed by atoms with Gasteiger partial charge in [-0.15, -0.1) is 0 Å². The zero-order valence-electron chi connectivity index (χ0n) is 12.6. The first kappa shape index (κ1) is 15.8. The van der Waals surface area contributed by atoms with Gasteiger partial charge >= 0.3 is 0 Å². The summed E-state index contributed by atoms with van der Waals surface area (Å²) in [6, 6.07) is 4.83. The fourth-order valence-electron chi connectivity index (χ4n) is 2.83. The maximum atomic E-state index is 13.1. The summed E-state index contributed by atoms with van der Waals surface area (Å²) in [6.45, 7) is 0.743. The van der Waals surface area contributed by atoms with Crippen molar-refractivity contribution in [3.63, 3.8) is 0 Å². The average Bonchev–Trinajstić information content (AvgIpc) is 2.49. The number of nitrogens with one attached hydrogen (secondary N) is 1. The van der Waals surface area contributed by atoms with Gasteiger partial charge < -0.3 is 16.0 Å². The number of hydrogen-bond donors (Lipinski definition) is 2. The molecule has 116 valence electrons. The van der Waals surface area contributed by atoms with Crippen molar-refractivity contribution in [1.29, 1.82) is 0 Å². The Morgan fingerprint density at radius 2 is 2.10 bits per heavy atom. The molecule has 2 rings (SSSR count). The van der Waals surface area contributed by atoms with Gasteiger partial charge in [-0.05, 0) is 38.1 Å². The fourth-order valence-corrected chi connectivity index (χ4v) is 2.83. The van der Waals surface area contributed by atoms with Crippen molar-refractivity contribution in [2.45, 2.75) is 44.6 Å². The van der Waals surface area contributed by atoms with Crippen LogP contribution in [0.15, 0.2) is 18.2 Å². The molecule has 0 aromatic heterocycles. The van der Waals surface area contributed by atoms with Crippen LogP contribution in [0.1, 0.15) is 38.5 Å². The second-order valence-electron chi connectivity index (χ2n) is 5.81. The van der Waals surface area contributed by atoms with Crippen LogP contribution in [0.3, 0.4) is 0 Å². The molecule has 0 atom stereocenters. The number of nitrogen functional groups attached to an aromatic ring is 1. The van der Waals surface area contributed by atoms with Crippen molar-refractivity contribution in [3.05, 3.63) is 24.0 Å². The Bertz CT molecular complexity index is 486. The highest BCUT2D eigenvalue weighted by atomic mass is 19.1. The smallest absolute Gasteiger partial charge is 0.225 e. The van der Waals surface area contributed by atoms with E-state index in [4.69, 9.17) is 5.73 Å². The third kappa shape index (κ3) is 4.70. The topological polar surface area (TPSA) is 58.4 Å². The molecular formula is C16H24FN3O. The molecule has 5 heteroatoms. The minimum absolute atomic E-state index is 0.0483. The molecule has 4 nitrogen and oxygen atoms in total. The summed E-state index contributed by atoms with van der Waals surface area (Å²) in [7, 11) is 2.08. The number of hydrogen-bond acceptors (Lipinski definition) is 3. The number of benzene rings is 1. The Morgan fingerprint density at radius 1 is 1.38 bits per heavy atom. The van der Waals surface area contributed by atoms with Gasteiger partial charge in [0.15, 0.2) is 0 Å². The second kappa shape index (κ2) is 7.41. The minimum Gasteiger partial charge on any atom is -0.396 e. The van der Waals surface area contributed by atoms with Crippen LogP contribution >= 0.6 is 0 Å².